The van der Waals surface area contributed by atoms with Crippen molar-refractivity contribution in [2.45, 2.75) is 64.5 Å². The van der Waals surface area contributed by atoms with Crippen LogP contribution in [0.3, 0.4) is 0 Å². The van der Waals surface area contributed by atoms with Gasteiger partial charge < -0.3 is 19.5 Å². The van der Waals surface area contributed by atoms with Crippen molar-refractivity contribution in [3.05, 3.63) is 69.4 Å². The number of anilines is 1. The lowest BCUT2D eigenvalue weighted by atomic mass is 9.94. The van der Waals surface area contributed by atoms with Gasteiger partial charge in [0.15, 0.2) is 11.5 Å². The molecule has 0 radical (unpaired) electrons. The molecule has 1 aromatic heterocycles. The molecule has 1 unspecified atom stereocenters. The molecular formula is C31H38N2O5S. The van der Waals surface area contributed by atoms with E-state index in [0.29, 0.717) is 28.5 Å². The molecule has 1 saturated carbocycles. The first-order valence-electron chi connectivity index (χ1n) is 13.4. The highest BCUT2D eigenvalue weighted by atomic mass is 32.1. The number of carbonyl (C=O) groups excluding carboxylic acids is 2. The molecule has 1 aliphatic carbocycles. The number of aryl methyl sites for hydroxylation is 2. The standard InChI is InChI=1S/C31H38N2O5S/c1-20-13-14-24(16-21(20)2)33(28(34)19-25-12-9-15-39-25)29(31(35)32-23-10-7-6-8-11-23)22-17-26(36-3)30(38-5)27(18-22)37-4/h9,12-18,23,29H,6-8,10-11,19H2,1-5H3,(H,32,35). The third-order valence-corrected chi connectivity index (χ3v) is 8.28. The van der Waals surface area contributed by atoms with E-state index in [1.807, 2.05) is 49.6 Å². The minimum absolute atomic E-state index is 0.0739. The molecular weight excluding hydrogens is 512 g/mol. The van der Waals surface area contributed by atoms with Gasteiger partial charge in [-0.05, 0) is 79.1 Å². The molecule has 0 bridgehead atoms. The number of benzene rings is 2. The van der Waals surface area contributed by atoms with E-state index in [1.165, 1.54) is 17.8 Å². The van der Waals surface area contributed by atoms with Crippen molar-refractivity contribution >= 4 is 28.8 Å². The van der Waals surface area contributed by atoms with Gasteiger partial charge in [0.1, 0.15) is 6.04 Å². The lowest BCUT2D eigenvalue weighted by Gasteiger charge is -2.34. The molecule has 0 spiro atoms. The summed E-state index contributed by atoms with van der Waals surface area (Å²) in [5.74, 6) is 0.881. The predicted octanol–water partition coefficient (Wildman–Crippen LogP) is 6.16. The summed E-state index contributed by atoms with van der Waals surface area (Å²) in [6, 6.07) is 12.4. The maximum atomic E-state index is 14.2. The minimum Gasteiger partial charge on any atom is -0.493 e. The SMILES string of the molecule is COc1cc(C(C(=O)NC2CCCCC2)N(C(=O)Cc2cccs2)c2ccc(C)c(C)c2)cc(OC)c1OC. The highest BCUT2D eigenvalue weighted by Crippen LogP contribution is 2.42. The minimum atomic E-state index is -0.949. The van der Waals surface area contributed by atoms with Gasteiger partial charge in [-0.2, -0.15) is 0 Å². The van der Waals surface area contributed by atoms with Crippen LogP contribution in [-0.4, -0.2) is 39.2 Å². The van der Waals surface area contributed by atoms with Crippen molar-refractivity contribution < 1.29 is 23.8 Å². The van der Waals surface area contributed by atoms with Crippen LogP contribution in [-0.2, 0) is 16.0 Å². The number of thiophene rings is 1. The van der Waals surface area contributed by atoms with Crippen molar-refractivity contribution in [1.29, 1.82) is 0 Å². The summed E-state index contributed by atoms with van der Waals surface area (Å²) in [5, 5.41) is 5.22. The monoisotopic (exact) mass is 550 g/mol. The van der Waals surface area contributed by atoms with Gasteiger partial charge in [-0.1, -0.05) is 31.4 Å². The first-order valence-corrected chi connectivity index (χ1v) is 14.3. The van der Waals surface area contributed by atoms with Crippen molar-refractivity contribution in [2.75, 3.05) is 26.2 Å². The second-order valence-corrected chi connectivity index (χ2v) is 11.0. The molecule has 1 heterocycles. The van der Waals surface area contributed by atoms with E-state index < -0.39 is 6.04 Å². The van der Waals surface area contributed by atoms with E-state index >= 15 is 0 Å². The fourth-order valence-corrected chi connectivity index (χ4v) is 5.86. The largest absolute Gasteiger partial charge is 0.493 e. The molecule has 1 N–H and O–H groups in total. The van der Waals surface area contributed by atoms with E-state index in [4.69, 9.17) is 14.2 Å². The van der Waals surface area contributed by atoms with Crippen LogP contribution < -0.4 is 24.4 Å². The van der Waals surface area contributed by atoms with Crippen LogP contribution in [0.5, 0.6) is 17.2 Å². The Bertz CT molecular complexity index is 1260. The lowest BCUT2D eigenvalue weighted by molar-refractivity contribution is -0.127. The number of ether oxygens (including phenoxy) is 3. The molecule has 2 aromatic carbocycles. The fourth-order valence-electron chi connectivity index (χ4n) is 5.16. The lowest BCUT2D eigenvalue weighted by Crippen LogP contribution is -2.47. The first kappa shape index (κ1) is 28.5. The number of hydrogen-bond acceptors (Lipinski definition) is 6. The van der Waals surface area contributed by atoms with Crippen LogP contribution in [0, 0.1) is 13.8 Å². The smallest absolute Gasteiger partial charge is 0.248 e. The van der Waals surface area contributed by atoms with Crippen molar-refractivity contribution in [3.63, 3.8) is 0 Å². The number of nitrogens with zero attached hydrogens (tertiary/aromatic N) is 1. The topological polar surface area (TPSA) is 77.1 Å². The van der Waals surface area contributed by atoms with E-state index in [2.05, 4.69) is 5.32 Å². The normalized spacial score (nSPS) is 14.4. The fraction of sp³-hybridized carbons (Fsp3) is 0.419. The van der Waals surface area contributed by atoms with E-state index in [1.54, 1.807) is 38.4 Å². The number of nitrogens with one attached hydrogen (secondary N) is 1. The zero-order valence-electron chi connectivity index (χ0n) is 23.4. The summed E-state index contributed by atoms with van der Waals surface area (Å²) in [5.41, 5.74) is 3.39. The Hall–Kier alpha value is -3.52. The Morgan fingerprint density at radius 1 is 0.949 bits per heavy atom. The predicted molar refractivity (Wildman–Crippen MR) is 155 cm³/mol. The molecule has 8 heteroatoms. The Morgan fingerprint density at radius 3 is 2.21 bits per heavy atom. The zero-order valence-corrected chi connectivity index (χ0v) is 24.2. The van der Waals surface area contributed by atoms with Crippen LogP contribution >= 0.6 is 11.3 Å². The quantitative estimate of drug-likeness (QED) is 0.327. The molecule has 4 rings (SSSR count). The molecule has 208 valence electrons. The van der Waals surface area contributed by atoms with Gasteiger partial charge in [-0.25, -0.2) is 0 Å². The van der Waals surface area contributed by atoms with Crippen molar-refractivity contribution in [1.82, 2.24) is 5.32 Å². The average Bonchev–Trinajstić information content (AvgIpc) is 3.45. The van der Waals surface area contributed by atoms with Gasteiger partial charge >= 0.3 is 0 Å². The summed E-state index contributed by atoms with van der Waals surface area (Å²) in [6.07, 6.45) is 5.38. The Labute approximate surface area is 235 Å². The third-order valence-electron chi connectivity index (χ3n) is 7.40. The van der Waals surface area contributed by atoms with Crippen molar-refractivity contribution in [2.24, 2.45) is 0 Å². The molecule has 7 nitrogen and oxygen atoms in total. The molecule has 39 heavy (non-hydrogen) atoms. The van der Waals surface area contributed by atoms with Gasteiger partial charge in [0, 0.05) is 16.6 Å². The number of carbonyl (C=O) groups is 2. The van der Waals surface area contributed by atoms with Gasteiger partial charge in [0.05, 0.1) is 27.8 Å². The number of amides is 2. The van der Waals surface area contributed by atoms with Crippen molar-refractivity contribution in [3.8, 4) is 17.2 Å². The van der Waals surface area contributed by atoms with Crippen LogP contribution in [0.25, 0.3) is 0 Å². The molecule has 1 atom stereocenters. The Balaban J connectivity index is 1.87. The summed E-state index contributed by atoms with van der Waals surface area (Å²) in [6.45, 7) is 4.04. The molecule has 0 aliphatic heterocycles. The van der Waals surface area contributed by atoms with E-state index in [0.717, 1.165) is 41.7 Å². The van der Waals surface area contributed by atoms with Crippen LogP contribution in [0.15, 0.2) is 47.8 Å². The summed E-state index contributed by atoms with van der Waals surface area (Å²) in [4.78, 5) is 30.9. The molecule has 1 fully saturated rings. The van der Waals surface area contributed by atoms with Gasteiger partial charge in [-0.15, -0.1) is 11.3 Å². The Morgan fingerprint density at radius 2 is 1.64 bits per heavy atom. The van der Waals surface area contributed by atoms with Crippen LogP contribution in [0.1, 0.15) is 59.7 Å². The van der Waals surface area contributed by atoms with Gasteiger partial charge in [0.2, 0.25) is 17.6 Å². The van der Waals surface area contributed by atoms with Gasteiger partial charge in [-0.3, -0.25) is 14.5 Å². The maximum Gasteiger partial charge on any atom is 0.248 e. The third kappa shape index (κ3) is 6.56. The molecule has 0 saturated heterocycles. The van der Waals surface area contributed by atoms with E-state index in [9.17, 15) is 9.59 Å². The summed E-state index contributed by atoms with van der Waals surface area (Å²) in [7, 11) is 4.63. The number of methoxy groups -OCH3 is 3. The second-order valence-electron chi connectivity index (χ2n) is 9.99. The first-order chi connectivity index (χ1) is 18.9. The number of hydrogen-bond donors (Lipinski definition) is 1. The number of rotatable bonds is 10. The van der Waals surface area contributed by atoms with Crippen LogP contribution in [0.2, 0.25) is 0 Å². The summed E-state index contributed by atoms with van der Waals surface area (Å²) >= 11 is 1.53. The molecule has 3 aromatic rings. The molecule has 2 amide bonds. The highest BCUT2D eigenvalue weighted by molar-refractivity contribution is 7.10. The maximum absolute atomic E-state index is 14.2. The highest BCUT2D eigenvalue weighted by Gasteiger charge is 2.35. The summed E-state index contributed by atoms with van der Waals surface area (Å²) < 4.78 is 16.8. The van der Waals surface area contributed by atoms with Gasteiger partial charge in [0.25, 0.3) is 0 Å². The van der Waals surface area contributed by atoms with E-state index in [-0.39, 0.29) is 24.3 Å². The Kier molecular flexibility index (Phi) is 9.51. The second kappa shape index (κ2) is 13.0. The average molecular weight is 551 g/mol. The molecule has 1 aliphatic rings. The zero-order chi connectivity index (χ0) is 27.9. The van der Waals surface area contributed by atoms with Crippen LogP contribution in [0.4, 0.5) is 5.69 Å².